The number of hydrogen-bond donors (Lipinski definition) is 4. The fraction of sp³-hybridized carbons (Fsp3) is 0.350. The normalized spacial score (nSPS) is 23.0. The van der Waals surface area contributed by atoms with Crippen LogP contribution in [0.25, 0.3) is 10.6 Å². The summed E-state index contributed by atoms with van der Waals surface area (Å²) in [5.41, 5.74) is 5.54. The topological polar surface area (TPSA) is 129 Å². The van der Waals surface area contributed by atoms with Gasteiger partial charge in [-0.25, -0.2) is 9.78 Å². The highest BCUT2D eigenvalue weighted by Crippen LogP contribution is 2.34. The van der Waals surface area contributed by atoms with E-state index in [1.165, 1.54) is 11.3 Å². The van der Waals surface area contributed by atoms with Crippen molar-refractivity contribution >= 4 is 35.1 Å². The number of hydrazine groups is 1. The molecule has 1 aromatic carbocycles. The molecule has 2 heterocycles. The Balaban J connectivity index is 1.33. The molecule has 1 aliphatic heterocycles. The van der Waals surface area contributed by atoms with Crippen LogP contribution in [0, 0.1) is 12.8 Å². The van der Waals surface area contributed by atoms with Crippen molar-refractivity contribution < 1.29 is 19.2 Å². The molecule has 2 fully saturated rings. The number of imide groups is 1. The minimum absolute atomic E-state index is 0.312. The maximum absolute atomic E-state index is 12.5. The summed E-state index contributed by atoms with van der Waals surface area (Å²) < 4.78 is 0. The number of carbonyl (C=O) groups excluding carboxylic acids is 4. The van der Waals surface area contributed by atoms with Gasteiger partial charge in [-0.05, 0) is 32.6 Å². The van der Waals surface area contributed by atoms with Gasteiger partial charge in [0.05, 0.1) is 5.69 Å². The Labute approximate surface area is 176 Å². The molecular formula is C20H21N5O4S. The van der Waals surface area contributed by atoms with Crippen LogP contribution >= 0.6 is 11.3 Å². The van der Waals surface area contributed by atoms with Crippen LogP contribution in [0.2, 0.25) is 0 Å². The first-order valence-electron chi connectivity index (χ1n) is 9.64. The van der Waals surface area contributed by atoms with Gasteiger partial charge >= 0.3 is 6.03 Å². The van der Waals surface area contributed by atoms with Crippen LogP contribution in [-0.4, -0.2) is 34.3 Å². The molecule has 4 N–H and O–H groups in total. The SMILES string of the molecule is Cc1nc(-c2ccccc2)sc1C(=O)NNC(=O)C1CCC2(CC1)NC(=O)NC2=O. The number of amides is 5. The highest BCUT2D eigenvalue weighted by atomic mass is 32.1. The zero-order valence-electron chi connectivity index (χ0n) is 16.3. The second-order valence-corrected chi connectivity index (χ2v) is 8.51. The van der Waals surface area contributed by atoms with Crippen LogP contribution in [0.5, 0.6) is 0 Å². The van der Waals surface area contributed by atoms with Crippen LogP contribution in [0.1, 0.15) is 41.0 Å². The fourth-order valence-electron chi connectivity index (χ4n) is 3.84. The van der Waals surface area contributed by atoms with Crippen molar-refractivity contribution in [1.29, 1.82) is 0 Å². The number of nitrogens with one attached hydrogen (secondary N) is 4. The van der Waals surface area contributed by atoms with Crippen molar-refractivity contribution in [3.8, 4) is 10.6 Å². The highest BCUT2D eigenvalue weighted by Gasteiger charge is 2.48. The molecule has 10 heteroatoms. The molecule has 1 spiro atoms. The van der Waals surface area contributed by atoms with Crippen molar-refractivity contribution in [2.45, 2.75) is 38.1 Å². The lowest BCUT2D eigenvalue weighted by Crippen LogP contribution is -2.52. The number of hydrogen-bond acceptors (Lipinski definition) is 6. The molecule has 2 aromatic rings. The van der Waals surface area contributed by atoms with Crippen molar-refractivity contribution in [3.05, 3.63) is 40.9 Å². The molecule has 1 aliphatic carbocycles. The van der Waals surface area contributed by atoms with Gasteiger partial charge in [0.15, 0.2) is 0 Å². The van der Waals surface area contributed by atoms with Crippen LogP contribution in [0.15, 0.2) is 30.3 Å². The molecule has 0 bridgehead atoms. The number of nitrogens with zero attached hydrogens (tertiary/aromatic N) is 1. The summed E-state index contributed by atoms with van der Waals surface area (Å²) in [6.07, 6.45) is 1.64. The molecule has 2 aliphatic rings. The van der Waals surface area contributed by atoms with Gasteiger partial charge in [-0.15, -0.1) is 11.3 Å². The minimum Gasteiger partial charge on any atom is -0.323 e. The van der Waals surface area contributed by atoms with Crippen LogP contribution in [0.3, 0.4) is 0 Å². The third-order valence-corrected chi connectivity index (χ3v) is 6.75. The Morgan fingerprint density at radius 3 is 2.47 bits per heavy atom. The van der Waals surface area contributed by atoms with E-state index in [1.54, 1.807) is 6.92 Å². The average Bonchev–Trinajstić information content (AvgIpc) is 3.26. The highest BCUT2D eigenvalue weighted by molar-refractivity contribution is 7.17. The summed E-state index contributed by atoms with van der Waals surface area (Å²) in [4.78, 5) is 53.3. The van der Waals surface area contributed by atoms with E-state index in [0.29, 0.717) is 36.3 Å². The number of carbonyl (C=O) groups is 4. The Morgan fingerprint density at radius 2 is 1.83 bits per heavy atom. The molecule has 4 rings (SSSR count). The number of aryl methyl sites for hydroxylation is 1. The molecule has 1 saturated carbocycles. The first-order chi connectivity index (χ1) is 14.4. The van der Waals surface area contributed by atoms with Gasteiger partial charge in [0.1, 0.15) is 15.4 Å². The third kappa shape index (κ3) is 3.78. The third-order valence-electron chi connectivity index (χ3n) is 5.55. The lowest BCUT2D eigenvalue weighted by atomic mass is 9.76. The largest absolute Gasteiger partial charge is 0.323 e. The molecule has 1 saturated heterocycles. The molecule has 156 valence electrons. The van der Waals surface area contributed by atoms with Gasteiger partial charge in [0, 0.05) is 11.5 Å². The summed E-state index contributed by atoms with van der Waals surface area (Å²) in [6.45, 7) is 1.75. The first-order valence-corrected chi connectivity index (χ1v) is 10.5. The predicted molar refractivity (Wildman–Crippen MR) is 109 cm³/mol. The predicted octanol–water partition coefficient (Wildman–Crippen LogP) is 1.65. The standard InChI is InChI=1S/C20H21N5O4S/c1-11-14(30-17(21-11)13-5-3-2-4-6-13)16(27)25-24-15(26)12-7-9-20(10-8-12)18(28)22-19(29)23-20/h2-6,12H,7-10H2,1H3,(H,24,26)(H,25,27)(H2,22,23,28,29). The summed E-state index contributed by atoms with van der Waals surface area (Å²) in [6, 6.07) is 9.06. The van der Waals surface area contributed by atoms with E-state index < -0.39 is 17.5 Å². The molecule has 0 atom stereocenters. The van der Waals surface area contributed by atoms with E-state index in [0.717, 1.165) is 10.6 Å². The monoisotopic (exact) mass is 427 g/mol. The first kappa shape index (κ1) is 20.0. The molecule has 1 aromatic heterocycles. The number of benzene rings is 1. The second kappa shape index (κ2) is 7.86. The second-order valence-electron chi connectivity index (χ2n) is 7.51. The maximum Gasteiger partial charge on any atom is 0.322 e. The van der Waals surface area contributed by atoms with Crippen molar-refractivity contribution in [3.63, 3.8) is 0 Å². The van der Waals surface area contributed by atoms with E-state index in [4.69, 9.17) is 0 Å². The van der Waals surface area contributed by atoms with Gasteiger partial charge < -0.3 is 5.32 Å². The zero-order valence-corrected chi connectivity index (χ0v) is 17.1. The minimum atomic E-state index is -0.912. The van der Waals surface area contributed by atoms with Crippen molar-refractivity contribution in [2.24, 2.45) is 5.92 Å². The van der Waals surface area contributed by atoms with Gasteiger partial charge in [0.25, 0.3) is 11.8 Å². The van der Waals surface area contributed by atoms with Crippen LogP contribution < -0.4 is 21.5 Å². The summed E-state index contributed by atoms with van der Waals surface area (Å²) in [5.74, 6) is -1.41. The van der Waals surface area contributed by atoms with E-state index >= 15 is 0 Å². The fourth-order valence-corrected chi connectivity index (χ4v) is 4.81. The average molecular weight is 427 g/mol. The molecule has 5 amide bonds. The van der Waals surface area contributed by atoms with Gasteiger partial charge in [-0.1, -0.05) is 30.3 Å². The van der Waals surface area contributed by atoms with Gasteiger partial charge in [-0.2, -0.15) is 0 Å². The van der Waals surface area contributed by atoms with E-state index in [1.807, 2.05) is 30.3 Å². The number of aromatic nitrogens is 1. The quantitative estimate of drug-likeness (QED) is 0.437. The molecular weight excluding hydrogens is 406 g/mol. The molecule has 0 unspecified atom stereocenters. The van der Waals surface area contributed by atoms with Gasteiger partial charge in [-0.3, -0.25) is 30.6 Å². The zero-order chi connectivity index (χ0) is 21.3. The van der Waals surface area contributed by atoms with E-state index in [9.17, 15) is 19.2 Å². The Kier molecular flexibility index (Phi) is 5.25. The van der Waals surface area contributed by atoms with Crippen molar-refractivity contribution in [1.82, 2.24) is 26.5 Å². The lowest BCUT2D eigenvalue weighted by Gasteiger charge is -2.33. The molecule has 9 nitrogen and oxygen atoms in total. The maximum atomic E-state index is 12.5. The number of rotatable bonds is 3. The lowest BCUT2D eigenvalue weighted by molar-refractivity contribution is -0.130. The summed E-state index contributed by atoms with van der Waals surface area (Å²) >= 11 is 1.26. The summed E-state index contributed by atoms with van der Waals surface area (Å²) in [5, 5.41) is 5.65. The molecule has 30 heavy (non-hydrogen) atoms. The van der Waals surface area contributed by atoms with E-state index in [2.05, 4.69) is 26.5 Å². The Bertz CT molecular complexity index is 1010. The van der Waals surface area contributed by atoms with E-state index in [-0.39, 0.29) is 17.7 Å². The van der Waals surface area contributed by atoms with Crippen LogP contribution in [-0.2, 0) is 9.59 Å². The van der Waals surface area contributed by atoms with Gasteiger partial charge in [0.2, 0.25) is 5.91 Å². The smallest absolute Gasteiger partial charge is 0.322 e. The summed E-state index contributed by atoms with van der Waals surface area (Å²) in [7, 11) is 0. The molecule has 0 radical (unpaired) electrons. The van der Waals surface area contributed by atoms with Crippen molar-refractivity contribution in [2.75, 3.05) is 0 Å². The number of urea groups is 1. The number of thiazole rings is 1. The van der Waals surface area contributed by atoms with Crippen LogP contribution in [0.4, 0.5) is 4.79 Å². The Morgan fingerprint density at radius 1 is 1.13 bits per heavy atom. The Hall–Kier alpha value is -3.27.